The van der Waals surface area contributed by atoms with Crippen molar-refractivity contribution in [2.45, 2.75) is 20.8 Å². The van der Waals surface area contributed by atoms with Gasteiger partial charge < -0.3 is 9.64 Å². The van der Waals surface area contributed by atoms with Crippen molar-refractivity contribution < 1.29 is 14.3 Å². The average molecular weight is 343 g/mol. The molecule has 2 aromatic rings. The zero-order valence-corrected chi connectivity index (χ0v) is 14.5. The maximum Gasteiger partial charge on any atom is 0.357 e. The molecule has 0 radical (unpaired) electrons. The second-order valence-corrected chi connectivity index (χ2v) is 5.22. The summed E-state index contributed by atoms with van der Waals surface area (Å²) in [6.07, 6.45) is 1.62. The largest absolute Gasteiger partial charge is 0.451 e. The van der Waals surface area contributed by atoms with Crippen molar-refractivity contribution in [1.82, 2.24) is 25.1 Å². The molecule has 0 bridgehead atoms. The Kier molecular flexibility index (Phi) is 6.39. The van der Waals surface area contributed by atoms with Gasteiger partial charge in [0.25, 0.3) is 5.91 Å². The number of hydrogen-bond donors (Lipinski definition) is 0. The van der Waals surface area contributed by atoms with E-state index in [4.69, 9.17) is 4.74 Å². The second kappa shape index (κ2) is 8.72. The van der Waals surface area contributed by atoms with Crippen LogP contribution in [0.25, 0.3) is 11.8 Å². The minimum absolute atomic E-state index is 0.140. The summed E-state index contributed by atoms with van der Waals surface area (Å²) < 4.78 is 6.48. The van der Waals surface area contributed by atoms with Crippen LogP contribution in [-0.4, -0.2) is 56.7 Å². The summed E-state index contributed by atoms with van der Waals surface area (Å²) in [5, 5.41) is 11.2. The van der Waals surface area contributed by atoms with Crippen LogP contribution in [0.5, 0.6) is 0 Å². The minimum Gasteiger partial charge on any atom is -0.451 e. The molecule has 0 unspecified atom stereocenters. The monoisotopic (exact) mass is 343 g/mol. The molecule has 1 amide bonds. The van der Waals surface area contributed by atoms with E-state index in [2.05, 4.69) is 15.5 Å². The van der Waals surface area contributed by atoms with Crippen LogP contribution in [-0.2, 0) is 14.3 Å². The van der Waals surface area contributed by atoms with Gasteiger partial charge >= 0.3 is 5.97 Å². The Labute approximate surface area is 146 Å². The van der Waals surface area contributed by atoms with Crippen LogP contribution in [0.1, 0.15) is 25.2 Å². The molecular weight excluding hydrogens is 322 g/mol. The smallest absolute Gasteiger partial charge is 0.357 e. The molecule has 0 fully saturated rings. The topological polar surface area (TPSA) is 90.2 Å². The molecule has 0 aliphatic heterocycles. The number of carbonyl (C=O) groups is 2. The number of rotatable bonds is 7. The van der Waals surface area contributed by atoms with E-state index in [0.29, 0.717) is 18.9 Å². The Morgan fingerprint density at radius 1 is 1.20 bits per heavy atom. The van der Waals surface area contributed by atoms with Gasteiger partial charge in [0, 0.05) is 13.1 Å². The van der Waals surface area contributed by atoms with Crippen LogP contribution in [0.2, 0.25) is 0 Å². The molecule has 132 valence electrons. The molecule has 0 spiro atoms. The van der Waals surface area contributed by atoms with Gasteiger partial charge in [-0.1, -0.05) is 30.3 Å². The van der Waals surface area contributed by atoms with Crippen molar-refractivity contribution >= 4 is 23.6 Å². The van der Waals surface area contributed by atoms with E-state index in [1.165, 1.54) is 4.68 Å². The number of ether oxygens (including phenoxy) is 1. The first kappa shape index (κ1) is 18.3. The highest BCUT2D eigenvalue weighted by molar-refractivity contribution is 6.15. The summed E-state index contributed by atoms with van der Waals surface area (Å²) in [6, 6.07) is 9.26. The molecule has 0 N–H and O–H groups in total. The lowest BCUT2D eigenvalue weighted by Crippen LogP contribution is -2.34. The van der Waals surface area contributed by atoms with E-state index >= 15 is 0 Å². The van der Waals surface area contributed by atoms with Crippen LogP contribution in [0.4, 0.5) is 0 Å². The molecular formula is C17H21N5O3. The molecule has 0 saturated heterocycles. The quantitative estimate of drug-likeness (QED) is 0.557. The number of esters is 1. The standard InChI is InChI=1S/C17H21N5O3/c1-4-21(5-2)16(23)12-25-17(24)15(22-13(3)18-19-20-22)11-14-9-7-6-8-10-14/h6-11H,4-5,12H2,1-3H3/b15-11-. The van der Waals surface area contributed by atoms with Gasteiger partial charge in [-0.2, -0.15) is 4.68 Å². The van der Waals surface area contributed by atoms with Gasteiger partial charge in [-0.15, -0.1) is 5.10 Å². The predicted molar refractivity (Wildman–Crippen MR) is 92.1 cm³/mol. The van der Waals surface area contributed by atoms with Crippen molar-refractivity contribution in [3.05, 3.63) is 41.7 Å². The average Bonchev–Trinajstić information content (AvgIpc) is 3.05. The summed E-state index contributed by atoms with van der Waals surface area (Å²) in [5.74, 6) is -0.472. The summed E-state index contributed by atoms with van der Waals surface area (Å²) in [4.78, 5) is 26.1. The van der Waals surface area contributed by atoms with Crippen LogP contribution < -0.4 is 0 Å². The third-order valence-electron chi connectivity index (χ3n) is 3.61. The van der Waals surface area contributed by atoms with Crippen LogP contribution in [0, 0.1) is 6.92 Å². The first-order chi connectivity index (χ1) is 12.1. The van der Waals surface area contributed by atoms with Gasteiger partial charge in [-0.05, 0) is 42.8 Å². The van der Waals surface area contributed by atoms with Crippen molar-refractivity contribution in [2.24, 2.45) is 0 Å². The lowest BCUT2D eigenvalue weighted by Gasteiger charge is -2.18. The number of likely N-dealkylation sites (N-methyl/N-ethyl adjacent to an activating group) is 1. The first-order valence-corrected chi connectivity index (χ1v) is 8.03. The Morgan fingerprint density at radius 2 is 1.88 bits per heavy atom. The summed E-state index contributed by atoms with van der Waals surface area (Å²) in [6.45, 7) is 6.21. The van der Waals surface area contributed by atoms with E-state index in [1.807, 2.05) is 44.2 Å². The van der Waals surface area contributed by atoms with Gasteiger partial charge in [0.1, 0.15) is 0 Å². The SMILES string of the molecule is CCN(CC)C(=O)COC(=O)/C(=C/c1ccccc1)n1nnnc1C. The van der Waals surface area contributed by atoms with Gasteiger partial charge in [0.2, 0.25) is 0 Å². The highest BCUT2D eigenvalue weighted by Gasteiger charge is 2.20. The van der Waals surface area contributed by atoms with Crippen LogP contribution in [0.3, 0.4) is 0 Å². The van der Waals surface area contributed by atoms with E-state index in [9.17, 15) is 9.59 Å². The number of benzene rings is 1. The van der Waals surface area contributed by atoms with Gasteiger partial charge in [0.15, 0.2) is 18.1 Å². The van der Waals surface area contributed by atoms with E-state index in [-0.39, 0.29) is 18.2 Å². The maximum atomic E-state index is 12.5. The van der Waals surface area contributed by atoms with Gasteiger partial charge in [-0.3, -0.25) is 4.79 Å². The molecule has 2 rings (SSSR count). The Morgan fingerprint density at radius 3 is 2.44 bits per heavy atom. The number of hydrogen-bond acceptors (Lipinski definition) is 6. The first-order valence-electron chi connectivity index (χ1n) is 8.03. The zero-order valence-electron chi connectivity index (χ0n) is 14.5. The zero-order chi connectivity index (χ0) is 18.2. The Bertz CT molecular complexity index is 751. The molecule has 1 heterocycles. The number of tetrazole rings is 1. The molecule has 25 heavy (non-hydrogen) atoms. The van der Waals surface area contributed by atoms with E-state index in [1.54, 1.807) is 17.9 Å². The number of nitrogens with zero attached hydrogens (tertiary/aromatic N) is 5. The Balaban J connectivity index is 2.21. The molecule has 0 aliphatic rings. The number of carbonyl (C=O) groups excluding carboxylic acids is 2. The third-order valence-corrected chi connectivity index (χ3v) is 3.61. The molecule has 8 nitrogen and oxygen atoms in total. The van der Waals surface area contributed by atoms with Gasteiger partial charge in [0.05, 0.1) is 0 Å². The van der Waals surface area contributed by atoms with Crippen LogP contribution >= 0.6 is 0 Å². The molecule has 0 saturated carbocycles. The van der Waals surface area contributed by atoms with Crippen molar-refractivity contribution in [3.63, 3.8) is 0 Å². The maximum absolute atomic E-state index is 12.5. The Hall–Kier alpha value is -3.03. The van der Waals surface area contributed by atoms with Gasteiger partial charge in [-0.25, -0.2) is 4.79 Å². The van der Waals surface area contributed by atoms with Crippen molar-refractivity contribution in [2.75, 3.05) is 19.7 Å². The highest BCUT2D eigenvalue weighted by atomic mass is 16.5. The number of aromatic nitrogens is 4. The second-order valence-electron chi connectivity index (χ2n) is 5.22. The molecule has 0 atom stereocenters. The molecule has 8 heteroatoms. The summed E-state index contributed by atoms with van der Waals surface area (Å²) in [7, 11) is 0. The minimum atomic E-state index is -0.667. The van der Waals surface area contributed by atoms with E-state index < -0.39 is 5.97 Å². The van der Waals surface area contributed by atoms with E-state index in [0.717, 1.165) is 5.56 Å². The molecule has 1 aromatic heterocycles. The third kappa shape index (κ3) is 4.72. The van der Waals surface area contributed by atoms with Crippen LogP contribution in [0.15, 0.2) is 30.3 Å². The predicted octanol–water partition coefficient (Wildman–Crippen LogP) is 1.39. The van der Waals surface area contributed by atoms with Crippen molar-refractivity contribution in [1.29, 1.82) is 0 Å². The number of aryl methyl sites for hydroxylation is 1. The van der Waals surface area contributed by atoms with Crippen molar-refractivity contribution in [3.8, 4) is 0 Å². The molecule has 0 aliphatic carbocycles. The fourth-order valence-corrected chi connectivity index (χ4v) is 2.24. The summed E-state index contributed by atoms with van der Waals surface area (Å²) >= 11 is 0. The molecule has 1 aromatic carbocycles. The fourth-order valence-electron chi connectivity index (χ4n) is 2.24. The number of amides is 1. The highest BCUT2D eigenvalue weighted by Crippen LogP contribution is 2.13. The summed E-state index contributed by atoms with van der Waals surface area (Å²) in [5.41, 5.74) is 0.931. The normalized spacial score (nSPS) is 11.2. The lowest BCUT2D eigenvalue weighted by atomic mass is 10.2. The lowest BCUT2D eigenvalue weighted by molar-refractivity contribution is -0.147. The fraction of sp³-hybridized carbons (Fsp3) is 0.353.